The summed E-state index contributed by atoms with van der Waals surface area (Å²) in [5.74, 6) is -0.0872. The second-order valence-corrected chi connectivity index (χ2v) is 4.00. The van der Waals surface area contributed by atoms with Crippen LogP contribution in [0.2, 0.25) is 0 Å². The summed E-state index contributed by atoms with van der Waals surface area (Å²) in [4.78, 5) is 11.9. The predicted octanol–water partition coefficient (Wildman–Crippen LogP) is 0.285. The minimum absolute atomic E-state index is 0.0872. The van der Waals surface area contributed by atoms with Gasteiger partial charge in [0, 0.05) is 32.0 Å². The SMILES string of the molecule is COCCNC(=O)c1nn(C)c2c1CCC2. The first-order valence-corrected chi connectivity index (χ1v) is 5.56. The first-order valence-electron chi connectivity index (χ1n) is 5.56. The Kier molecular flexibility index (Phi) is 3.24. The van der Waals surface area contributed by atoms with Crippen LogP contribution < -0.4 is 5.32 Å². The summed E-state index contributed by atoms with van der Waals surface area (Å²) in [5.41, 5.74) is 2.92. The quantitative estimate of drug-likeness (QED) is 0.746. The predicted molar refractivity (Wildman–Crippen MR) is 59.4 cm³/mol. The Morgan fingerprint density at radius 3 is 3.12 bits per heavy atom. The highest BCUT2D eigenvalue weighted by Crippen LogP contribution is 2.24. The largest absolute Gasteiger partial charge is 0.383 e. The van der Waals surface area contributed by atoms with Gasteiger partial charge in [0.1, 0.15) is 0 Å². The molecule has 0 saturated heterocycles. The maximum absolute atomic E-state index is 11.9. The molecule has 0 saturated carbocycles. The van der Waals surface area contributed by atoms with Crippen molar-refractivity contribution in [2.75, 3.05) is 20.3 Å². The standard InChI is InChI=1S/C11H17N3O2/c1-14-9-5-3-4-8(9)10(13-14)11(15)12-6-7-16-2/h3-7H2,1-2H3,(H,12,15). The molecule has 1 aromatic rings. The highest BCUT2D eigenvalue weighted by molar-refractivity contribution is 5.94. The van der Waals surface area contributed by atoms with E-state index in [-0.39, 0.29) is 5.91 Å². The van der Waals surface area contributed by atoms with E-state index in [1.807, 2.05) is 11.7 Å². The Bertz CT molecular complexity index is 398. The van der Waals surface area contributed by atoms with E-state index in [2.05, 4.69) is 10.4 Å². The molecule has 1 aliphatic rings. The molecular weight excluding hydrogens is 206 g/mol. The number of fused-ring (bicyclic) bond motifs is 1. The molecule has 0 aliphatic heterocycles. The second-order valence-electron chi connectivity index (χ2n) is 4.00. The lowest BCUT2D eigenvalue weighted by atomic mass is 10.2. The molecule has 1 aliphatic carbocycles. The van der Waals surface area contributed by atoms with Crippen molar-refractivity contribution in [3.05, 3.63) is 17.0 Å². The van der Waals surface area contributed by atoms with Crippen molar-refractivity contribution < 1.29 is 9.53 Å². The molecule has 0 radical (unpaired) electrons. The monoisotopic (exact) mass is 223 g/mol. The fraction of sp³-hybridized carbons (Fsp3) is 0.636. The van der Waals surface area contributed by atoms with Crippen LogP contribution in [0.4, 0.5) is 0 Å². The average molecular weight is 223 g/mol. The molecular formula is C11H17N3O2. The molecule has 1 heterocycles. The number of rotatable bonds is 4. The fourth-order valence-corrected chi connectivity index (χ4v) is 2.14. The lowest BCUT2D eigenvalue weighted by Gasteiger charge is -2.02. The van der Waals surface area contributed by atoms with Gasteiger partial charge in [0.25, 0.3) is 5.91 Å². The second kappa shape index (κ2) is 4.65. The number of nitrogens with one attached hydrogen (secondary N) is 1. The zero-order valence-electron chi connectivity index (χ0n) is 9.75. The van der Waals surface area contributed by atoms with Crippen LogP contribution in [-0.4, -0.2) is 35.9 Å². The highest BCUT2D eigenvalue weighted by Gasteiger charge is 2.24. The summed E-state index contributed by atoms with van der Waals surface area (Å²) in [6.07, 6.45) is 3.12. The third-order valence-electron chi connectivity index (χ3n) is 2.92. The van der Waals surface area contributed by atoms with E-state index in [0.717, 1.165) is 24.8 Å². The van der Waals surface area contributed by atoms with Gasteiger partial charge in [0.15, 0.2) is 5.69 Å². The van der Waals surface area contributed by atoms with Crippen LogP contribution >= 0.6 is 0 Å². The number of ether oxygens (including phenoxy) is 1. The minimum atomic E-state index is -0.0872. The molecule has 5 nitrogen and oxygen atoms in total. The Morgan fingerprint density at radius 2 is 2.38 bits per heavy atom. The maximum Gasteiger partial charge on any atom is 0.272 e. The minimum Gasteiger partial charge on any atom is -0.383 e. The molecule has 2 rings (SSSR count). The van der Waals surface area contributed by atoms with Crippen LogP contribution in [0.5, 0.6) is 0 Å². The molecule has 0 spiro atoms. The average Bonchev–Trinajstić information content (AvgIpc) is 2.83. The van der Waals surface area contributed by atoms with Crippen LogP contribution in [0, 0.1) is 0 Å². The van der Waals surface area contributed by atoms with Gasteiger partial charge in [-0.2, -0.15) is 5.10 Å². The van der Waals surface area contributed by atoms with Gasteiger partial charge < -0.3 is 10.1 Å². The Morgan fingerprint density at radius 1 is 1.56 bits per heavy atom. The molecule has 88 valence electrons. The number of amides is 1. The van der Waals surface area contributed by atoms with Crippen molar-refractivity contribution in [2.24, 2.45) is 7.05 Å². The molecule has 0 fully saturated rings. The molecule has 5 heteroatoms. The zero-order chi connectivity index (χ0) is 11.5. The molecule has 0 aromatic carbocycles. The number of hydrogen-bond donors (Lipinski definition) is 1. The van der Waals surface area contributed by atoms with Crippen molar-refractivity contribution in [3.8, 4) is 0 Å². The van der Waals surface area contributed by atoms with Gasteiger partial charge in [0.05, 0.1) is 6.61 Å². The Labute approximate surface area is 94.8 Å². The number of carbonyl (C=O) groups excluding carboxylic acids is 1. The summed E-state index contributed by atoms with van der Waals surface area (Å²) >= 11 is 0. The summed E-state index contributed by atoms with van der Waals surface area (Å²) in [6.45, 7) is 1.06. The molecule has 1 aromatic heterocycles. The van der Waals surface area contributed by atoms with Gasteiger partial charge in [-0.05, 0) is 19.3 Å². The normalized spacial score (nSPS) is 13.9. The summed E-state index contributed by atoms with van der Waals surface area (Å²) in [6, 6.07) is 0. The molecule has 16 heavy (non-hydrogen) atoms. The van der Waals surface area contributed by atoms with E-state index >= 15 is 0 Å². The van der Waals surface area contributed by atoms with E-state index < -0.39 is 0 Å². The molecule has 1 amide bonds. The van der Waals surface area contributed by atoms with Crippen molar-refractivity contribution in [2.45, 2.75) is 19.3 Å². The lowest BCUT2D eigenvalue weighted by molar-refractivity contribution is 0.0930. The fourth-order valence-electron chi connectivity index (χ4n) is 2.14. The number of nitrogens with zero attached hydrogens (tertiary/aromatic N) is 2. The van der Waals surface area contributed by atoms with E-state index in [4.69, 9.17) is 4.74 Å². The van der Waals surface area contributed by atoms with Crippen LogP contribution in [0.15, 0.2) is 0 Å². The first kappa shape index (κ1) is 11.1. The number of carbonyl (C=O) groups is 1. The lowest BCUT2D eigenvalue weighted by Crippen LogP contribution is -2.28. The topological polar surface area (TPSA) is 56.1 Å². The van der Waals surface area contributed by atoms with Crippen molar-refractivity contribution in [1.29, 1.82) is 0 Å². The van der Waals surface area contributed by atoms with E-state index in [0.29, 0.717) is 18.8 Å². The Hall–Kier alpha value is -1.36. The smallest absolute Gasteiger partial charge is 0.272 e. The van der Waals surface area contributed by atoms with Gasteiger partial charge >= 0.3 is 0 Å². The Balaban J connectivity index is 2.09. The van der Waals surface area contributed by atoms with Gasteiger partial charge in [-0.3, -0.25) is 9.48 Å². The van der Waals surface area contributed by atoms with Crippen molar-refractivity contribution in [1.82, 2.24) is 15.1 Å². The molecule has 0 atom stereocenters. The number of aryl methyl sites for hydroxylation is 1. The zero-order valence-corrected chi connectivity index (χ0v) is 9.75. The van der Waals surface area contributed by atoms with Crippen LogP contribution in [0.3, 0.4) is 0 Å². The highest BCUT2D eigenvalue weighted by atomic mass is 16.5. The summed E-state index contributed by atoms with van der Waals surface area (Å²) in [5, 5.41) is 7.08. The van der Waals surface area contributed by atoms with Gasteiger partial charge in [-0.25, -0.2) is 0 Å². The van der Waals surface area contributed by atoms with Gasteiger partial charge in [-0.1, -0.05) is 0 Å². The van der Waals surface area contributed by atoms with Crippen molar-refractivity contribution >= 4 is 5.91 Å². The maximum atomic E-state index is 11.9. The van der Waals surface area contributed by atoms with E-state index in [9.17, 15) is 4.79 Å². The number of aromatic nitrogens is 2. The van der Waals surface area contributed by atoms with Crippen LogP contribution in [0.25, 0.3) is 0 Å². The van der Waals surface area contributed by atoms with Crippen LogP contribution in [0.1, 0.15) is 28.2 Å². The number of methoxy groups -OCH3 is 1. The summed E-state index contributed by atoms with van der Waals surface area (Å²) < 4.78 is 6.71. The van der Waals surface area contributed by atoms with Crippen LogP contribution in [-0.2, 0) is 24.6 Å². The number of hydrogen-bond acceptors (Lipinski definition) is 3. The molecule has 1 N–H and O–H groups in total. The molecule has 0 bridgehead atoms. The molecule has 0 unspecified atom stereocenters. The van der Waals surface area contributed by atoms with E-state index in [1.54, 1.807) is 7.11 Å². The third-order valence-corrected chi connectivity index (χ3v) is 2.92. The summed E-state index contributed by atoms with van der Waals surface area (Å²) in [7, 11) is 3.51. The first-order chi connectivity index (χ1) is 7.74. The van der Waals surface area contributed by atoms with E-state index in [1.165, 1.54) is 5.69 Å². The van der Waals surface area contributed by atoms with Gasteiger partial charge in [0.2, 0.25) is 0 Å². The van der Waals surface area contributed by atoms with Gasteiger partial charge in [-0.15, -0.1) is 0 Å². The third kappa shape index (κ3) is 1.95. The van der Waals surface area contributed by atoms with Crippen molar-refractivity contribution in [3.63, 3.8) is 0 Å².